The van der Waals surface area contributed by atoms with E-state index in [0.717, 1.165) is 9.26 Å². The Labute approximate surface area is 100 Å². The number of hydrogen-bond acceptors (Lipinski definition) is 3. The Hall–Kier alpha value is -0.690. The van der Waals surface area contributed by atoms with E-state index in [0.29, 0.717) is 11.6 Å². The van der Waals surface area contributed by atoms with E-state index < -0.39 is 0 Å². The van der Waals surface area contributed by atoms with Crippen molar-refractivity contribution in [1.82, 2.24) is 0 Å². The molecule has 0 aromatic heterocycles. The lowest BCUT2D eigenvalue weighted by Crippen LogP contribution is -2.22. The highest BCUT2D eigenvalue weighted by Crippen LogP contribution is 2.21. The molecule has 0 fully saturated rings. The minimum atomic E-state index is 0.135. The van der Waals surface area contributed by atoms with Gasteiger partial charge in [0, 0.05) is 14.3 Å². The number of benzene rings is 1. The van der Waals surface area contributed by atoms with Crippen molar-refractivity contribution in [3.8, 4) is 0 Å². The summed E-state index contributed by atoms with van der Waals surface area (Å²) in [7, 11) is 0. The summed E-state index contributed by atoms with van der Waals surface area (Å²) in [4.78, 5) is 0. The topological polar surface area (TPSA) is 70.6 Å². The number of halogens is 2. The van der Waals surface area contributed by atoms with Crippen LogP contribution in [0.3, 0.4) is 0 Å². The van der Waals surface area contributed by atoms with Gasteiger partial charge in [0.1, 0.15) is 0 Å². The maximum Gasteiger partial charge on any atom is 0.158 e. The van der Waals surface area contributed by atoms with Gasteiger partial charge < -0.3 is 16.3 Å². The quantitative estimate of drug-likeness (QED) is 0.262. The fourth-order valence-corrected chi connectivity index (χ4v) is 1.92. The smallest absolute Gasteiger partial charge is 0.158 e. The van der Waals surface area contributed by atoms with Crippen LogP contribution in [0.1, 0.15) is 0 Å². The highest BCUT2D eigenvalue weighted by molar-refractivity contribution is 14.1. The molecule has 76 valence electrons. The van der Waals surface area contributed by atoms with E-state index in [2.05, 4.69) is 33.1 Å². The van der Waals surface area contributed by atoms with Crippen LogP contribution >= 0.6 is 34.2 Å². The normalized spacial score (nSPS) is 11.4. The molecule has 1 rings (SSSR count). The van der Waals surface area contributed by atoms with Crippen LogP contribution in [0.5, 0.6) is 0 Å². The number of hydrogen-bond donors (Lipinski definition) is 3. The van der Waals surface area contributed by atoms with Crippen molar-refractivity contribution in [2.45, 2.75) is 0 Å². The van der Waals surface area contributed by atoms with E-state index in [4.69, 9.17) is 22.5 Å². The van der Waals surface area contributed by atoms with Gasteiger partial charge in [0.25, 0.3) is 0 Å². The second-order valence-corrected chi connectivity index (χ2v) is 4.17. The summed E-state index contributed by atoms with van der Waals surface area (Å²) in [6, 6.07) is 5.45. The maximum absolute atomic E-state index is 8.33. The van der Waals surface area contributed by atoms with Crippen molar-refractivity contribution in [3.05, 3.63) is 26.8 Å². The lowest BCUT2D eigenvalue weighted by Gasteiger charge is -2.07. The van der Waals surface area contributed by atoms with Crippen molar-refractivity contribution in [2.24, 2.45) is 10.9 Å². The molecular formula is C8H9ClIN3O. The Morgan fingerprint density at radius 1 is 1.64 bits per heavy atom. The number of nitrogens with one attached hydrogen (secondary N) is 1. The van der Waals surface area contributed by atoms with Crippen molar-refractivity contribution < 1.29 is 5.21 Å². The third kappa shape index (κ3) is 3.22. The first kappa shape index (κ1) is 11.4. The summed E-state index contributed by atoms with van der Waals surface area (Å²) < 4.78 is 0.987. The van der Waals surface area contributed by atoms with Gasteiger partial charge in [0.2, 0.25) is 0 Å². The summed E-state index contributed by atoms with van der Waals surface area (Å²) in [5, 5.41) is 14.9. The van der Waals surface area contributed by atoms with Gasteiger partial charge in [-0.3, -0.25) is 0 Å². The number of nitrogens with zero attached hydrogens (tertiary/aromatic N) is 1. The predicted molar refractivity (Wildman–Crippen MR) is 66.1 cm³/mol. The summed E-state index contributed by atoms with van der Waals surface area (Å²) in [5.41, 5.74) is 6.21. The average molecular weight is 326 g/mol. The zero-order valence-electron chi connectivity index (χ0n) is 7.17. The van der Waals surface area contributed by atoms with Crippen LogP contribution in [0.25, 0.3) is 0 Å². The molecule has 0 aliphatic heterocycles. The second-order valence-electron chi connectivity index (χ2n) is 2.57. The summed E-state index contributed by atoms with van der Waals surface area (Å²) in [6.07, 6.45) is 0. The molecular weight excluding hydrogens is 316 g/mol. The molecule has 0 bridgehead atoms. The molecule has 0 saturated heterocycles. The number of amidine groups is 1. The van der Waals surface area contributed by atoms with E-state index in [1.807, 2.05) is 12.1 Å². The van der Waals surface area contributed by atoms with Crippen molar-refractivity contribution in [3.63, 3.8) is 0 Å². The Morgan fingerprint density at radius 3 is 2.93 bits per heavy atom. The molecule has 0 heterocycles. The first-order chi connectivity index (χ1) is 6.63. The van der Waals surface area contributed by atoms with Gasteiger partial charge in [-0.1, -0.05) is 16.8 Å². The fourth-order valence-electron chi connectivity index (χ4n) is 0.854. The summed E-state index contributed by atoms with van der Waals surface area (Å²) in [6.45, 7) is 0.300. The van der Waals surface area contributed by atoms with Crippen molar-refractivity contribution >= 4 is 45.7 Å². The molecule has 14 heavy (non-hydrogen) atoms. The van der Waals surface area contributed by atoms with Gasteiger partial charge in [0.05, 0.1) is 6.54 Å². The predicted octanol–water partition coefficient (Wildman–Crippen LogP) is 2.10. The molecule has 0 aliphatic rings. The summed E-state index contributed by atoms with van der Waals surface area (Å²) >= 11 is 7.94. The van der Waals surface area contributed by atoms with Crippen LogP contribution in [-0.2, 0) is 0 Å². The fraction of sp³-hybridized carbons (Fsp3) is 0.125. The van der Waals surface area contributed by atoms with Crippen molar-refractivity contribution in [2.75, 3.05) is 11.9 Å². The average Bonchev–Trinajstić information content (AvgIpc) is 2.16. The van der Waals surface area contributed by atoms with Crippen LogP contribution in [0, 0.1) is 3.57 Å². The zero-order valence-corrected chi connectivity index (χ0v) is 10.1. The molecule has 4 nitrogen and oxygen atoms in total. The monoisotopic (exact) mass is 325 g/mol. The van der Waals surface area contributed by atoms with Crippen LogP contribution in [0.15, 0.2) is 23.4 Å². The lowest BCUT2D eigenvalue weighted by molar-refractivity contribution is 0.317. The largest absolute Gasteiger partial charge is 0.409 e. The maximum atomic E-state index is 8.33. The van der Waals surface area contributed by atoms with Crippen LogP contribution < -0.4 is 11.1 Å². The SMILES string of the molecule is N/C(CNc1ccc(Cl)cc1I)=N/O. The Bertz CT molecular complexity index is 356. The molecule has 0 atom stereocenters. The van der Waals surface area contributed by atoms with Crippen molar-refractivity contribution in [1.29, 1.82) is 0 Å². The number of oxime groups is 1. The van der Waals surface area contributed by atoms with E-state index in [-0.39, 0.29) is 5.84 Å². The molecule has 0 radical (unpaired) electrons. The molecule has 1 aromatic rings. The molecule has 0 amide bonds. The van der Waals surface area contributed by atoms with E-state index >= 15 is 0 Å². The van der Waals surface area contributed by atoms with Gasteiger partial charge in [0.15, 0.2) is 5.84 Å². The molecule has 0 aliphatic carbocycles. The molecule has 4 N–H and O–H groups in total. The van der Waals surface area contributed by atoms with E-state index in [1.165, 1.54) is 0 Å². The Morgan fingerprint density at radius 2 is 2.36 bits per heavy atom. The van der Waals surface area contributed by atoms with Gasteiger partial charge in [-0.15, -0.1) is 0 Å². The highest BCUT2D eigenvalue weighted by Gasteiger charge is 2.00. The summed E-state index contributed by atoms with van der Waals surface area (Å²) in [5.74, 6) is 0.135. The zero-order chi connectivity index (χ0) is 10.6. The Balaban J connectivity index is 2.68. The third-order valence-corrected chi connectivity index (χ3v) is 2.65. The van der Waals surface area contributed by atoms with Crippen LogP contribution in [0.4, 0.5) is 5.69 Å². The van der Waals surface area contributed by atoms with E-state index in [9.17, 15) is 0 Å². The van der Waals surface area contributed by atoms with Gasteiger partial charge >= 0.3 is 0 Å². The first-order valence-electron chi connectivity index (χ1n) is 3.79. The lowest BCUT2D eigenvalue weighted by atomic mass is 10.3. The highest BCUT2D eigenvalue weighted by atomic mass is 127. The minimum Gasteiger partial charge on any atom is -0.409 e. The van der Waals surface area contributed by atoms with Crippen LogP contribution in [0.2, 0.25) is 5.02 Å². The Kier molecular flexibility index (Phi) is 4.27. The molecule has 0 saturated carbocycles. The number of anilines is 1. The second kappa shape index (κ2) is 5.26. The van der Waals surface area contributed by atoms with Crippen LogP contribution in [-0.4, -0.2) is 17.6 Å². The van der Waals surface area contributed by atoms with Gasteiger partial charge in [-0.25, -0.2) is 0 Å². The van der Waals surface area contributed by atoms with E-state index in [1.54, 1.807) is 6.07 Å². The van der Waals surface area contributed by atoms with Gasteiger partial charge in [-0.2, -0.15) is 0 Å². The number of rotatable bonds is 3. The molecule has 0 spiro atoms. The molecule has 6 heteroatoms. The minimum absolute atomic E-state index is 0.135. The third-order valence-electron chi connectivity index (χ3n) is 1.52. The number of nitrogens with two attached hydrogens (primary N) is 1. The standard InChI is InChI=1S/C8H9ClIN3O/c9-5-1-2-7(6(10)3-5)12-4-8(11)13-14/h1-3,12,14H,4H2,(H2,11,13). The first-order valence-corrected chi connectivity index (χ1v) is 5.24. The molecule has 0 unspecified atom stereocenters. The van der Waals surface area contributed by atoms with Gasteiger partial charge in [-0.05, 0) is 40.8 Å². The molecule has 1 aromatic carbocycles.